The van der Waals surface area contributed by atoms with E-state index in [4.69, 9.17) is 16.6 Å². The van der Waals surface area contributed by atoms with E-state index in [-0.39, 0.29) is 40.3 Å². The highest BCUT2D eigenvalue weighted by Crippen LogP contribution is 2.30. The van der Waals surface area contributed by atoms with Gasteiger partial charge in [-0.15, -0.1) is 0 Å². The number of anilines is 2. The van der Waals surface area contributed by atoms with Gasteiger partial charge in [-0.25, -0.2) is 14.3 Å². The maximum atomic E-state index is 12.5. The number of nitrogen functional groups attached to an aromatic ring is 2. The third-order valence-electron chi connectivity index (χ3n) is 5.04. The first kappa shape index (κ1) is 23.3. The average molecular weight is 455 g/mol. The number of carboxylic acids is 2. The van der Waals surface area contributed by atoms with Crippen LogP contribution in [0.25, 0.3) is 11.2 Å². The lowest BCUT2D eigenvalue weighted by molar-refractivity contribution is -0.140. The molecule has 0 bridgehead atoms. The summed E-state index contributed by atoms with van der Waals surface area (Å²) in [5, 5.41) is 20.3. The number of hydrogen-bond acceptors (Lipinski definition) is 9. The number of benzene rings is 1. The molecule has 1 aromatic carbocycles. The van der Waals surface area contributed by atoms with Crippen LogP contribution in [0.4, 0.5) is 23.3 Å². The van der Waals surface area contributed by atoms with Crippen molar-refractivity contribution in [2.24, 2.45) is 0 Å². The number of hydrogen-bond donors (Lipinski definition) is 5. The smallest absolute Gasteiger partial charge is 0.326 e. The van der Waals surface area contributed by atoms with E-state index >= 15 is 0 Å². The summed E-state index contributed by atoms with van der Waals surface area (Å²) in [5.74, 6) is -2.45. The zero-order chi connectivity index (χ0) is 24.3. The van der Waals surface area contributed by atoms with Gasteiger partial charge in [-0.3, -0.25) is 9.59 Å². The highest BCUT2D eigenvalue weighted by molar-refractivity contribution is 5.97. The van der Waals surface area contributed by atoms with E-state index in [2.05, 4.69) is 25.3 Å². The number of nitrogens with two attached hydrogens (primary N) is 2. The Kier molecular flexibility index (Phi) is 6.35. The van der Waals surface area contributed by atoms with Crippen molar-refractivity contribution in [2.75, 3.05) is 25.6 Å². The molecule has 172 valence electrons. The van der Waals surface area contributed by atoms with E-state index in [1.165, 1.54) is 18.3 Å². The SMILES string of the molecule is C[N+](C)(c1ccc(C(=O)NC(CCC(=O)O)C(=O)O)cc1)c1cnc2nc(N)nc(N)c2n1. The minimum Gasteiger partial charge on any atom is -0.481 e. The van der Waals surface area contributed by atoms with Gasteiger partial charge in [0, 0.05) is 24.1 Å². The molecule has 0 aliphatic rings. The Balaban J connectivity index is 1.82. The molecule has 0 aliphatic heterocycles. The highest BCUT2D eigenvalue weighted by Gasteiger charge is 2.27. The van der Waals surface area contributed by atoms with Gasteiger partial charge in [0.1, 0.15) is 17.9 Å². The molecule has 2 heterocycles. The zero-order valence-electron chi connectivity index (χ0n) is 17.9. The van der Waals surface area contributed by atoms with Gasteiger partial charge in [-0.1, -0.05) is 0 Å². The van der Waals surface area contributed by atoms with E-state index in [0.29, 0.717) is 11.3 Å². The number of aliphatic carboxylic acids is 2. The second kappa shape index (κ2) is 9.00. The molecule has 0 radical (unpaired) electrons. The molecule has 0 saturated heterocycles. The van der Waals surface area contributed by atoms with E-state index in [1.807, 2.05) is 14.1 Å². The van der Waals surface area contributed by atoms with E-state index in [1.54, 1.807) is 12.1 Å². The van der Waals surface area contributed by atoms with Crippen LogP contribution < -0.4 is 21.3 Å². The predicted molar refractivity (Wildman–Crippen MR) is 119 cm³/mol. The lowest BCUT2D eigenvalue weighted by Crippen LogP contribution is -2.41. The summed E-state index contributed by atoms with van der Waals surface area (Å²) >= 11 is 0. The molecule has 2 aromatic heterocycles. The van der Waals surface area contributed by atoms with Crippen molar-refractivity contribution in [3.05, 3.63) is 36.0 Å². The lowest BCUT2D eigenvalue weighted by Gasteiger charge is -2.27. The van der Waals surface area contributed by atoms with Crippen LogP contribution in [0, 0.1) is 0 Å². The number of aromatic nitrogens is 4. The fourth-order valence-corrected chi connectivity index (χ4v) is 3.09. The molecule has 1 atom stereocenters. The Hall–Kier alpha value is -4.39. The summed E-state index contributed by atoms with van der Waals surface area (Å²) in [4.78, 5) is 51.2. The van der Waals surface area contributed by atoms with E-state index in [0.717, 1.165) is 5.69 Å². The van der Waals surface area contributed by atoms with Crippen LogP contribution in [-0.4, -0.2) is 68.1 Å². The molecule has 0 saturated carbocycles. The number of fused-ring (bicyclic) bond motifs is 1. The molecule has 3 rings (SSSR count). The lowest BCUT2D eigenvalue weighted by atomic mass is 10.1. The number of nitrogens with one attached hydrogen (secondary N) is 1. The van der Waals surface area contributed by atoms with Crippen LogP contribution in [0.2, 0.25) is 0 Å². The van der Waals surface area contributed by atoms with Crippen LogP contribution in [-0.2, 0) is 9.59 Å². The number of amides is 1. The molecule has 1 unspecified atom stereocenters. The number of carbonyl (C=O) groups is 3. The van der Waals surface area contributed by atoms with Crippen LogP contribution >= 0.6 is 0 Å². The van der Waals surface area contributed by atoms with Gasteiger partial charge >= 0.3 is 11.9 Å². The van der Waals surface area contributed by atoms with Crippen molar-refractivity contribution in [1.29, 1.82) is 0 Å². The Morgan fingerprint density at radius 1 is 1.06 bits per heavy atom. The first-order chi connectivity index (χ1) is 15.5. The number of carboxylic acid groups (broad SMARTS) is 2. The zero-order valence-corrected chi connectivity index (χ0v) is 17.9. The molecule has 33 heavy (non-hydrogen) atoms. The third-order valence-corrected chi connectivity index (χ3v) is 5.04. The van der Waals surface area contributed by atoms with Crippen LogP contribution in [0.1, 0.15) is 23.2 Å². The maximum absolute atomic E-state index is 12.5. The van der Waals surface area contributed by atoms with Gasteiger partial charge in [0.25, 0.3) is 11.7 Å². The average Bonchev–Trinajstić information content (AvgIpc) is 2.75. The number of nitrogens with zero attached hydrogens (tertiary/aromatic N) is 5. The van der Waals surface area contributed by atoms with Gasteiger partial charge in [0.05, 0.1) is 14.1 Å². The number of rotatable bonds is 8. The van der Waals surface area contributed by atoms with Crippen molar-refractivity contribution in [1.82, 2.24) is 29.7 Å². The van der Waals surface area contributed by atoms with Gasteiger partial charge in [0.2, 0.25) is 5.95 Å². The minimum absolute atomic E-state index is 0.00207. The van der Waals surface area contributed by atoms with Crippen LogP contribution in [0.5, 0.6) is 0 Å². The predicted octanol–water partition coefficient (Wildman–Crippen LogP) is 0.531. The highest BCUT2D eigenvalue weighted by atomic mass is 16.4. The van der Waals surface area contributed by atoms with Gasteiger partial charge in [0.15, 0.2) is 17.0 Å². The first-order valence-electron chi connectivity index (χ1n) is 9.75. The first-order valence-corrected chi connectivity index (χ1v) is 9.75. The largest absolute Gasteiger partial charge is 0.481 e. The van der Waals surface area contributed by atoms with E-state index < -0.39 is 23.9 Å². The Labute approximate surface area is 187 Å². The second-order valence-electron chi connectivity index (χ2n) is 7.66. The molecule has 3 aromatic rings. The van der Waals surface area contributed by atoms with Crippen molar-refractivity contribution in [3.8, 4) is 0 Å². The fraction of sp³-hybridized carbons (Fsp3) is 0.250. The van der Waals surface area contributed by atoms with E-state index in [9.17, 15) is 19.5 Å². The minimum atomic E-state index is -1.31. The monoisotopic (exact) mass is 455 g/mol. The quantitative estimate of drug-likeness (QED) is 0.296. The standard InChI is InChI=1S/C20H22N8O5/c1-28(2,13-9-23-17-15(25-13)16(21)26-20(22)27-17)11-5-3-10(4-6-11)18(31)24-12(19(32)33)7-8-14(29)30/h3-6,9,12H,7-8H2,1-2H3,(H6-,21,22,23,24,26,27,29,30,31,32,33)/p+1. The molecule has 13 nitrogen and oxygen atoms in total. The summed E-state index contributed by atoms with van der Waals surface area (Å²) < 4.78 is 0.144. The summed E-state index contributed by atoms with van der Waals surface area (Å²) in [6.45, 7) is 0. The van der Waals surface area contributed by atoms with Crippen molar-refractivity contribution >= 4 is 52.3 Å². The summed E-state index contributed by atoms with van der Waals surface area (Å²) in [5.41, 5.74) is 13.0. The Morgan fingerprint density at radius 3 is 2.33 bits per heavy atom. The Morgan fingerprint density at radius 2 is 1.73 bits per heavy atom. The number of carbonyl (C=O) groups excluding carboxylic acids is 1. The van der Waals surface area contributed by atoms with Crippen molar-refractivity contribution in [2.45, 2.75) is 18.9 Å². The molecular weight excluding hydrogens is 432 g/mol. The van der Waals surface area contributed by atoms with Gasteiger partial charge < -0.3 is 27.0 Å². The maximum Gasteiger partial charge on any atom is 0.326 e. The van der Waals surface area contributed by atoms with Crippen LogP contribution in [0.3, 0.4) is 0 Å². The topological polar surface area (TPSA) is 207 Å². The van der Waals surface area contributed by atoms with Gasteiger partial charge in [-0.2, -0.15) is 15.0 Å². The molecule has 7 N–H and O–H groups in total. The number of quaternary nitrogens is 1. The third kappa shape index (κ3) is 5.10. The Bertz CT molecular complexity index is 1230. The summed E-state index contributed by atoms with van der Waals surface area (Å²) in [7, 11) is 3.71. The second-order valence-corrected chi connectivity index (χ2v) is 7.66. The molecule has 0 spiro atoms. The molecular formula is C20H23N8O5+. The van der Waals surface area contributed by atoms with Crippen molar-refractivity contribution in [3.63, 3.8) is 0 Å². The molecule has 0 fully saturated rings. The summed E-state index contributed by atoms with van der Waals surface area (Å²) in [6, 6.07) is 5.14. The molecule has 1 amide bonds. The molecule has 0 aliphatic carbocycles. The fourth-order valence-electron chi connectivity index (χ4n) is 3.09. The van der Waals surface area contributed by atoms with Crippen molar-refractivity contribution < 1.29 is 24.6 Å². The van der Waals surface area contributed by atoms with Crippen LogP contribution in [0.15, 0.2) is 30.5 Å². The normalized spacial score (nSPS) is 12.3. The molecule has 13 heteroatoms. The summed E-state index contributed by atoms with van der Waals surface area (Å²) in [6.07, 6.45) is 0.934. The van der Waals surface area contributed by atoms with Gasteiger partial charge in [-0.05, 0) is 18.6 Å².